The first-order chi connectivity index (χ1) is 10.2. The van der Waals surface area contributed by atoms with Crippen LogP contribution in [-0.4, -0.2) is 19.6 Å². The van der Waals surface area contributed by atoms with Gasteiger partial charge in [0.2, 0.25) is 0 Å². The molecule has 0 heterocycles. The highest BCUT2D eigenvalue weighted by Crippen LogP contribution is 2.13. The Labute approximate surface area is 124 Å². The molecule has 0 atom stereocenters. The second-order valence-corrected chi connectivity index (χ2v) is 4.49. The molecule has 0 saturated heterocycles. The monoisotopic (exact) mass is 285 g/mol. The van der Waals surface area contributed by atoms with Crippen molar-refractivity contribution in [2.24, 2.45) is 0 Å². The SMILES string of the molecule is CCOc1ccc(CNC(=O)c2ccc(OC)cc2)cc1. The molecule has 0 aliphatic carbocycles. The van der Waals surface area contributed by atoms with Gasteiger partial charge in [0.05, 0.1) is 13.7 Å². The molecule has 1 amide bonds. The summed E-state index contributed by atoms with van der Waals surface area (Å²) >= 11 is 0. The predicted molar refractivity (Wildman–Crippen MR) is 81.8 cm³/mol. The number of carbonyl (C=O) groups excluding carboxylic acids is 1. The van der Waals surface area contributed by atoms with Crippen LogP contribution >= 0.6 is 0 Å². The molecule has 0 aromatic heterocycles. The zero-order valence-electron chi connectivity index (χ0n) is 12.3. The Balaban J connectivity index is 1.90. The first kappa shape index (κ1) is 14.9. The maximum atomic E-state index is 12.0. The predicted octanol–water partition coefficient (Wildman–Crippen LogP) is 3.02. The fourth-order valence-corrected chi connectivity index (χ4v) is 1.90. The molecule has 0 aliphatic heterocycles. The summed E-state index contributed by atoms with van der Waals surface area (Å²) in [6, 6.07) is 14.7. The highest BCUT2D eigenvalue weighted by atomic mass is 16.5. The van der Waals surface area contributed by atoms with Crippen LogP contribution < -0.4 is 14.8 Å². The minimum atomic E-state index is -0.105. The number of ether oxygens (including phenoxy) is 2. The summed E-state index contributed by atoms with van der Waals surface area (Å²) in [6.45, 7) is 3.08. The van der Waals surface area contributed by atoms with Crippen LogP contribution in [0.15, 0.2) is 48.5 Å². The van der Waals surface area contributed by atoms with Gasteiger partial charge in [-0.05, 0) is 48.9 Å². The highest BCUT2D eigenvalue weighted by molar-refractivity contribution is 5.94. The summed E-state index contributed by atoms with van der Waals surface area (Å²) < 4.78 is 10.4. The van der Waals surface area contributed by atoms with E-state index < -0.39 is 0 Å². The van der Waals surface area contributed by atoms with Crippen LogP contribution in [0.1, 0.15) is 22.8 Å². The highest BCUT2D eigenvalue weighted by Gasteiger charge is 2.05. The molecule has 0 radical (unpaired) electrons. The molecule has 2 aromatic carbocycles. The number of rotatable bonds is 6. The second kappa shape index (κ2) is 7.33. The standard InChI is InChI=1S/C17H19NO3/c1-3-21-16-8-4-13(5-9-16)12-18-17(19)14-6-10-15(20-2)11-7-14/h4-11H,3,12H2,1-2H3,(H,18,19). The van der Waals surface area contributed by atoms with E-state index in [1.54, 1.807) is 31.4 Å². The van der Waals surface area contributed by atoms with Gasteiger partial charge in [-0.25, -0.2) is 0 Å². The number of hydrogen-bond acceptors (Lipinski definition) is 3. The quantitative estimate of drug-likeness (QED) is 0.887. The summed E-state index contributed by atoms with van der Waals surface area (Å²) in [5.74, 6) is 1.47. The van der Waals surface area contributed by atoms with Crippen LogP contribution in [0.3, 0.4) is 0 Å². The summed E-state index contributed by atoms with van der Waals surface area (Å²) in [7, 11) is 1.60. The fraction of sp³-hybridized carbons (Fsp3) is 0.235. The van der Waals surface area contributed by atoms with Crippen LogP contribution in [0.25, 0.3) is 0 Å². The lowest BCUT2D eigenvalue weighted by atomic mass is 10.2. The van der Waals surface area contributed by atoms with Crippen LogP contribution in [0.2, 0.25) is 0 Å². The number of nitrogens with one attached hydrogen (secondary N) is 1. The smallest absolute Gasteiger partial charge is 0.251 e. The largest absolute Gasteiger partial charge is 0.497 e. The topological polar surface area (TPSA) is 47.6 Å². The first-order valence-corrected chi connectivity index (χ1v) is 6.87. The molecular weight excluding hydrogens is 266 g/mol. The van der Waals surface area contributed by atoms with Gasteiger partial charge >= 0.3 is 0 Å². The Kier molecular flexibility index (Phi) is 5.21. The molecule has 110 valence electrons. The number of amides is 1. The van der Waals surface area contributed by atoms with E-state index >= 15 is 0 Å². The van der Waals surface area contributed by atoms with Crippen LogP contribution in [0, 0.1) is 0 Å². The molecule has 4 heteroatoms. The normalized spacial score (nSPS) is 10.0. The van der Waals surface area contributed by atoms with Crippen molar-refractivity contribution in [1.82, 2.24) is 5.32 Å². The van der Waals surface area contributed by atoms with E-state index in [0.717, 1.165) is 17.1 Å². The van der Waals surface area contributed by atoms with Crippen molar-refractivity contribution >= 4 is 5.91 Å². The minimum Gasteiger partial charge on any atom is -0.497 e. The molecule has 0 bridgehead atoms. The molecule has 21 heavy (non-hydrogen) atoms. The molecular formula is C17H19NO3. The van der Waals surface area contributed by atoms with Gasteiger partial charge in [0, 0.05) is 12.1 Å². The summed E-state index contributed by atoms with van der Waals surface area (Å²) in [5, 5.41) is 2.88. The molecule has 0 saturated carbocycles. The van der Waals surface area contributed by atoms with E-state index in [9.17, 15) is 4.79 Å². The molecule has 4 nitrogen and oxygen atoms in total. The van der Waals surface area contributed by atoms with Crippen molar-refractivity contribution in [2.75, 3.05) is 13.7 Å². The number of methoxy groups -OCH3 is 1. The van der Waals surface area contributed by atoms with Crippen molar-refractivity contribution in [2.45, 2.75) is 13.5 Å². The maximum absolute atomic E-state index is 12.0. The summed E-state index contributed by atoms with van der Waals surface area (Å²) in [5.41, 5.74) is 1.64. The molecule has 0 unspecified atom stereocenters. The van der Waals surface area contributed by atoms with Gasteiger partial charge in [-0.15, -0.1) is 0 Å². The average molecular weight is 285 g/mol. The van der Waals surface area contributed by atoms with Gasteiger partial charge in [-0.3, -0.25) is 4.79 Å². The van der Waals surface area contributed by atoms with E-state index in [4.69, 9.17) is 9.47 Å². The van der Waals surface area contributed by atoms with Crippen molar-refractivity contribution in [3.05, 3.63) is 59.7 Å². The third kappa shape index (κ3) is 4.24. The van der Waals surface area contributed by atoms with Crippen LogP contribution in [0.5, 0.6) is 11.5 Å². The third-order valence-electron chi connectivity index (χ3n) is 3.04. The van der Waals surface area contributed by atoms with E-state index in [1.165, 1.54) is 0 Å². The fourth-order valence-electron chi connectivity index (χ4n) is 1.90. The van der Waals surface area contributed by atoms with Gasteiger partial charge in [-0.1, -0.05) is 12.1 Å². The molecule has 1 N–H and O–H groups in total. The van der Waals surface area contributed by atoms with Gasteiger partial charge in [-0.2, -0.15) is 0 Å². The Morgan fingerprint density at radius 3 is 2.19 bits per heavy atom. The second-order valence-electron chi connectivity index (χ2n) is 4.49. The molecule has 2 rings (SSSR count). The van der Waals surface area contributed by atoms with Crippen molar-refractivity contribution in [3.63, 3.8) is 0 Å². The van der Waals surface area contributed by atoms with Gasteiger partial charge in [0.15, 0.2) is 0 Å². The average Bonchev–Trinajstić information content (AvgIpc) is 2.54. The Bertz CT molecular complexity index is 576. The number of benzene rings is 2. The Morgan fingerprint density at radius 2 is 1.62 bits per heavy atom. The van der Waals surface area contributed by atoms with E-state index in [2.05, 4.69) is 5.32 Å². The summed E-state index contributed by atoms with van der Waals surface area (Å²) in [4.78, 5) is 12.0. The Morgan fingerprint density at radius 1 is 1.00 bits per heavy atom. The minimum absolute atomic E-state index is 0.105. The van der Waals surface area contributed by atoms with Crippen LogP contribution in [-0.2, 0) is 6.54 Å². The zero-order chi connectivity index (χ0) is 15.1. The first-order valence-electron chi connectivity index (χ1n) is 6.87. The molecule has 0 spiro atoms. The van der Waals surface area contributed by atoms with E-state index in [1.807, 2.05) is 31.2 Å². The molecule has 0 aliphatic rings. The third-order valence-corrected chi connectivity index (χ3v) is 3.04. The Hall–Kier alpha value is -2.49. The van der Waals surface area contributed by atoms with Crippen LogP contribution in [0.4, 0.5) is 0 Å². The van der Waals surface area contributed by atoms with Crippen molar-refractivity contribution < 1.29 is 14.3 Å². The van der Waals surface area contributed by atoms with Crippen molar-refractivity contribution in [3.8, 4) is 11.5 Å². The zero-order valence-corrected chi connectivity index (χ0v) is 12.3. The lowest BCUT2D eigenvalue weighted by Gasteiger charge is -2.07. The molecule has 2 aromatic rings. The number of carbonyl (C=O) groups is 1. The van der Waals surface area contributed by atoms with Crippen molar-refractivity contribution in [1.29, 1.82) is 0 Å². The lowest BCUT2D eigenvalue weighted by Crippen LogP contribution is -2.22. The van der Waals surface area contributed by atoms with Gasteiger partial charge in [0.25, 0.3) is 5.91 Å². The summed E-state index contributed by atoms with van der Waals surface area (Å²) in [6.07, 6.45) is 0. The lowest BCUT2D eigenvalue weighted by molar-refractivity contribution is 0.0951. The van der Waals surface area contributed by atoms with E-state index in [-0.39, 0.29) is 5.91 Å². The maximum Gasteiger partial charge on any atom is 0.251 e. The van der Waals surface area contributed by atoms with E-state index in [0.29, 0.717) is 18.7 Å². The van der Waals surface area contributed by atoms with Gasteiger partial charge < -0.3 is 14.8 Å². The number of hydrogen-bond donors (Lipinski definition) is 1. The van der Waals surface area contributed by atoms with Gasteiger partial charge in [0.1, 0.15) is 11.5 Å². The molecule has 0 fully saturated rings.